The lowest BCUT2D eigenvalue weighted by atomic mass is 10.1. The number of carbonyl (C=O) groups is 2. The molecule has 1 aromatic carbocycles. The molecule has 1 atom stereocenters. The van der Waals surface area contributed by atoms with Crippen molar-refractivity contribution >= 4 is 17.6 Å². The molecule has 5 nitrogen and oxygen atoms in total. The van der Waals surface area contributed by atoms with Gasteiger partial charge in [0.05, 0.1) is 5.56 Å². The van der Waals surface area contributed by atoms with Gasteiger partial charge in [-0.1, -0.05) is 13.8 Å². The van der Waals surface area contributed by atoms with Gasteiger partial charge in [0.1, 0.15) is 5.82 Å². The highest BCUT2D eigenvalue weighted by molar-refractivity contribution is 5.96. The number of carbonyl (C=O) groups excluding carboxylic acids is 2. The van der Waals surface area contributed by atoms with Crippen LogP contribution < -0.4 is 16.4 Å². The fourth-order valence-corrected chi connectivity index (χ4v) is 1.33. The molecule has 3 amide bonds. The molecule has 6 heteroatoms. The lowest BCUT2D eigenvalue weighted by molar-refractivity contribution is 0.0996. The predicted octanol–water partition coefficient (Wildman–Crippen LogP) is 2.09. The number of rotatable bonds is 4. The van der Waals surface area contributed by atoms with E-state index < -0.39 is 17.8 Å². The second-order valence-corrected chi connectivity index (χ2v) is 4.69. The highest BCUT2D eigenvalue weighted by Gasteiger charge is 2.13. The summed E-state index contributed by atoms with van der Waals surface area (Å²) < 4.78 is 13.2. The van der Waals surface area contributed by atoms with Crippen molar-refractivity contribution in [3.05, 3.63) is 29.6 Å². The van der Waals surface area contributed by atoms with Gasteiger partial charge >= 0.3 is 6.03 Å². The zero-order valence-corrected chi connectivity index (χ0v) is 11.2. The van der Waals surface area contributed by atoms with E-state index in [1.54, 1.807) is 0 Å². The Hall–Kier alpha value is -2.11. The van der Waals surface area contributed by atoms with Crippen molar-refractivity contribution in [1.82, 2.24) is 5.32 Å². The maximum absolute atomic E-state index is 13.2. The van der Waals surface area contributed by atoms with Crippen LogP contribution in [0.5, 0.6) is 0 Å². The van der Waals surface area contributed by atoms with E-state index in [9.17, 15) is 14.0 Å². The van der Waals surface area contributed by atoms with E-state index in [0.717, 1.165) is 6.07 Å². The first-order chi connectivity index (χ1) is 8.81. The van der Waals surface area contributed by atoms with Crippen molar-refractivity contribution in [2.75, 3.05) is 5.32 Å². The van der Waals surface area contributed by atoms with Gasteiger partial charge in [0.2, 0.25) is 0 Å². The molecule has 104 valence electrons. The zero-order chi connectivity index (χ0) is 14.6. The summed E-state index contributed by atoms with van der Waals surface area (Å²) in [6, 6.07) is 3.24. The van der Waals surface area contributed by atoms with E-state index in [-0.39, 0.29) is 11.6 Å². The maximum atomic E-state index is 13.2. The van der Waals surface area contributed by atoms with Crippen molar-refractivity contribution in [2.24, 2.45) is 11.7 Å². The standard InChI is InChI=1S/C13H18FN3O2/c1-7(2)8(3)16-13(19)17-9-4-5-11(14)10(6-9)12(15)18/h4-8H,1-3H3,(H2,15,18)(H2,16,17,19)/t8-/m1/s1. The fraction of sp³-hybridized carbons (Fsp3) is 0.385. The van der Waals surface area contributed by atoms with Gasteiger partial charge in [-0.2, -0.15) is 0 Å². The Morgan fingerprint density at radius 3 is 2.42 bits per heavy atom. The first kappa shape index (κ1) is 14.9. The molecule has 0 aliphatic heterocycles. The minimum absolute atomic E-state index is 0.00365. The third-order valence-corrected chi connectivity index (χ3v) is 2.85. The minimum atomic E-state index is -0.878. The molecule has 0 aromatic heterocycles. The number of benzene rings is 1. The average Bonchev–Trinajstić information content (AvgIpc) is 2.30. The van der Waals surface area contributed by atoms with Crippen LogP contribution in [0.3, 0.4) is 0 Å². The number of halogens is 1. The van der Waals surface area contributed by atoms with Gasteiger partial charge in [-0.3, -0.25) is 4.79 Å². The first-order valence-corrected chi connectivity index (χ1v) is 5.98. The number of anilines is 1. The lowest BCUT2D eigenvalue weighted by Crippen LogP contribution is -2.39. The monoisotopic (exact) mass is 267 g/mol. The van der Waals surface area contributed by atoms with Crippen LogP contribution in [-0.2, 0) is 0 Å². The fourth-order valence-electron chi connectivity index (χ4n) is 1.33. The van der Waals surface area contributed by atoms with Crippen molar-refractivity contribution in [1.29, 1.82) is 0 Å². The molecule has 0 radical (unpaired) electrons. The maximum Gasteiger partial charge on any atom is 0.319 e. The van der Waals surface area contributed by atoms with Crippen molar-refractivity contribution in [3.63, 3.8) is 0 Å². The van der Waals surface area contributed by atoms with Gasteiger partial charge in [-0.15, -0.1) is 0 Å². The number of nitrogens with two attached hydrogens (primary N) is 1. The highest BCUT2D eigenvalue weighted by Crippen LogP contribution is 2.14. The summed E-state index contributed by atoms with van der Waals surface area (Å²) in [5, 5.41) is 5.26. The van der Waals surface area contributed by atoms with Gasteiger partial charge in [0, 0.05) is 11.7 Å². The number of nitrogens with one attached hydrogen (secondary N) is 2. The van der Waals surface area contributed by atoms with E-state index in [4.69, 9.17) is 5.73 Å². The summed E-state index contributed by atoms with van der Waals surface area (Å²) in [5.74, 6) is -1.30. The van der Waals surface area contributed by atoms with Crippen molar-refractivity contribution in [2.45, 2.75) is 26.8 Å². The summed E-state index contributed by atoms with van der Waals surface area (Å²) in [5.41, 5.74) is 5.08. The highest BCUT2D eigenvalue weighted by atomic mass is 19.1. The molecular formula is C13H18FN3O2. The molecule has 0 unspecified atom stereocenters. The quantitative estimate of drug-likeness (QED) is 0.780. The topological polar surface area (TPSA) is 84.2 Å². The third kappa shape index (κ3) is 4.24. The first-order valence-electron chi connectivity index (χ1n) is 5.98. The van der Waals surface area contributed by atoms with Gasteiger partial charge in [0.25, 0.3) is 5.91 Å². The normalized spacial score (nSPS) is 12.1. The summed E-state index contributed by atoms with van der Waals surface area (Å²) in [6.45, 7) is 5.84. The van der Waals surface area contributed by atoms with Crippen LogP contribution in [0.4, 0.5) is 14.9 Å². The molecule has 0 fully saturated rings. The van der Waals surface area contributed by atoms with Crippen LogP contribution in [0.2, 0.25) is 0 Å². The van der Waals surface area contributed by atoms with Gasteiger partial charge in [0.15, 0.2) is 0 Å². The summed E-state index contributed by atoms with van der Waals surface area (Å²) in [4.78, 5) is 22.6. The Kier molecular flexibility index (Phi) is 4.86. The molecular weight excluding hydrogens is 249 g/mol. The molecule has 1 rings (SSSR count). The zero-order valence-electron chi connectivity index (χ0n) is 11.2. The molecule has 1 aromatic rings. The number of urea groups is 1. The Labute approximate surface area is 111 Å². The van der Waals surface area contributed by atoms with Crippen LogP contribution >= 0.6 is 0 Å². The largest absolute Gasteiger partial charge is 0.366 e. The van der Waals surface area contributed by atoms with E-state index in [1.165, 1.54) is 12.1 Å². The van der Waals surface area contributed by atoms with Crippen LogP contribution in [0.1, 0.15) is 31.1 Å². The predicted molar refractivity (Wildman–Crippen MR) is 71.4 cm³/mol. The number of primary amides is 1. The van der Waals surface area contributed by atoms with E-state index in [0.29, 0.717) is 11.6 Å². The second kappa shape index (κ2) is 6.17. The Morgan fingerprint density at radius 1 is 1.26 bits per heavy atom. The number of amides is 3. The molecule has 4 N–H and O–H groups in total. The summed E-state index contributed by atoms with van der Waals surface area (Å²) in [6.07, 6.45) is 0. The lowest BCUT2D eigenvalue weighted by Gasteiger charge is -2.18. The van der Waals surface area contributed by atoms with Crippen LogP contribution in [0, 0.1) is 11.7 Å². The number of hydrogen-bond donors (Lipinski definition) is 3. The van der Waals surface area contributed by atoms with E-state index in [2.05, 4.69) is 10.6 Å². The molecule has 0 aliphatic rings. The SMILES string of the molecule is CC(C)[C@@H](C)NC(=O)Nc1ccc(F)c(C(N)=O)c1. The Bertz CT molecular complexity index is 489. The van der Waals surface area contributed by atoms with Crippen LogP contribution in [0.15, 0.2) is 18.2 Å². The van der Waals surface area contributed by atoms with Gasteiger partial charge < -0.3 is 16.4 Å². The molecule has 19 heavy (non-hydrogen) atoms. The van der Waals surface area contributed by atoms with Crippen LogP contribution in [-0.4, -0.2) is 18.0 Å². The van der Waals surface area contributed by atoms with Gasteiger partial charge in [-0.05, 0) is 31.0 Å². The number of hydrogen-bond acceptors (Lipinski definition) is 2. The Morgan fingerprint density at radius 2 is 1.89 bits per heavy atom. The average molecular weight is 267 g/mol. The van der Waals surface area contributed by atoms with Crippen molar-refractivity contribution < 1.29 is 14.0 Å². The minimum Gasteiger partial charge on any atom is -0.366 e. The molecule has 0 bridgehead atoms. The van der Waals surface area contributed by atoms with Crippen LogP contribution in [0.25, 0.3) is 0 Å². The second-order valence-electron chi connectivity index (χ2n) is 4.69. The molecule has 0 spiro atoms. The summed E-state index contributed by atoms with van der Waals surface area (Å²) in [7, 11) is 0. The van der Waals surface area contributed by atoms with Crippen molar-refractivity contribution in [3.8, 4) is 0 Å². The van der Waals surface area contributed by atoms with Gasteiger partial charge in [-0.25, -0.2) is 9.18 Å². The summed E-state index contributed by atoms with van der Waals surface area (Å²) >= 11 is 0. The van der Waals surface area contributed by atoms with E-state index in [1.807, 2.05) is 20.8 Å². The molecule has 0 heterocycles. The Balaban J connectivity index is 2.75. The molecule has 0 saturated heterocycles. The molecule has 0 aliphatic carbocycles. The van der Waals surface area contributed by atoms with E-state index >= 15 is 0 Å². The molecule has 0 saturated carbocycles. The third-order valence-electron chi connectivity index (χ3n) is 2.85. The smallest absolute Gasteiger partial charge is 0.319 e.